The Morgan fingerprint density at radius 2 is 1.74 bits per heavy atom. The van der Waals surface area contributed by atoms with Gasteiger partial charge in [0.2, 0.25) is 10.0 Å². The lowest BCUT2D eigenvalue weighted by Gasteiger charge is -2.24. The molecule has 144 valence electrons. The zero-order valence-electron chi connectivity index (χ0n) is 14.8. The minimum absolute atomic E-state index is 0.0151. The number of nitrogens with one attached hydrogen (secondary N) is 1. The van der Waals surface area contributed by atoms with Crippen molar-refractivity contribution >= 4 is 27.6 Å². The highest BCUT2D eigenvalue weighted by Crippen LogP contribution is 2.23. The number of nitrogens with zero attached hydrogens (tertiary/aromatic N) is 1. The number of ether oxygens (including phenoxy) is 1. The van der Waals surface area contributed by atoms with Crippen molar-refractivity contribution in [2.75, 3.05) is 30.8 Å². The van der Waals surface area contributed by atoms with Crippen molar-refractivity contribution in [2.24, 2.45) is 0 Å². The Hall–Kier alpha value is -2.94. The molecule has 9 heteroatoms. The predicted molar refractivity (Wildman–Crippen MR) is 98.7 cm³/mol. The number of amides is 1. The molecular formula is C18H19FN2O5S. The second kappa shape index (κ2) is 8.63. The van der Waals surface area contributed by atoms with Crippen LogP contribution in [0.15, 0.2) is 48.5 Å². The van der Waals surface area contributed by atoms with E-state index >= 15 is 0 Å². The van der Waals surface area contributed by atoms with Crippen LogP contribution >= 0.6 is 0 Å². The molecule has 0 bridgehead atoms. The molecule has 0 saturated heterocycles. The largest absolute Gasteiger partial charge is 0.465 e. The minimum atomic E-state index is -3.73. The number of benzene rings is 2. The van der Waals surface area contributed by atoms with Crippen LogP contribution in [-0.4, -0.2) is 46.7 Å². The van der Waals surface area contributed by atoms with Gasteiger partial charge in [-0.15, -0.1) is 0 Å². The van der Waals surface area contributed by atoms with Gasteiger partial charge in [-0.1, -0.05) is 12.1 Å². The molecule has 0 aliphatic rings. The van der Waals surface area contributed by atoms with Crippen LogP contribution in [0, 0.1) is 5.82 Å². The van der Waals surface area contributed by atoms with Gasteiger partial charge < -0.3 is 10.1 Å². The molecule has 0 fully saturated rings. The minimum Gasteiger partial charge on any atom is -0.465 e. The van der Waals surface area contributed by atoms with Crippen molar-refractivity contribution in [1.29, 1.82) is 0 Å². The summed E-state index contributed by atoms with van der Waals surface area (Å²) in [5.74, 6) is -1.60. The Kier molecular flexibility index (Phi) is 6.51. The number of esters is 1. The van der Waals surface area contributed by atoms with Gasteiger partial charge in [0.15, 0.2) is 0 Å². The van der Waals surface area contributed by atoms with Gasteiger partial charge in [0.1, 0.15) is 5.82 Å². The molecule has 27 heavy (non-hydrogen) atoms. The Balaban J connectivity index is 2.16. The van der Waals surface area contributed by atoms with E-state index in [0.29, 0.717) is 0 Å². The van der Waals surface area contributed by atoms with Crippen LogP contribution < -0.4 is 9.62 Å². The number of carbonyl (C=O) groups excluding carboxylic acids is 2. The van der Waals surface area contributed by atoms with Gasteiger partial charge in [0.25, 0.3) is 5.91 Å². The summed E-state index contributed by atoms with van der Waals surface area (Å²) < 4.78 is 43.0. The van der Waals surface area contributed by atoms with E-state index in [1.54, 1.807) is 12.1 Å². The summed E-state index contributed by atoms with van der Waals surface area (Å²) in [4.78, 5) is 24.0. The quantitative estimate of drug-likeness (QED) is 0.723. The third-order valence-electron chi connectivity index (χ3n) is 3.69. The summed E-state index contributed by atoms with van der Waals surface area (Å²) in [5.41, 5.74) is 0.496. The second-order valence-electron chi connectivity index (χ2n) is 5.61. The van der Waals surface area contributed by atoms with E-state index in [4.69, 9.17) is 0 Å². The maximum absolute atomic E-state index is 12.9. The lowest BCUT2D eigenvalue weighted by molar-refractivity contribution is 0.0601. The zero-order chi connectivity index (χ0) is 20.0. The highest BCUT2D eigenvalue weighted by Gasteiger charge is 2.23. The van der Waals surface area contributed by atoms with E-state index in [1.165, 1.54) is 31.4 Å². The molecule has 0 atom stereocenters. The van der Waals surface area contributed by atoms with Crippen LogP contribution in [0.5, 0.6) is 0 Å². The maximum atomic E-state index is 12.9. The Labute approximate surface area is 156 Å². The number of methoxy groups -OCH3 is 1. The SMILES string of the molecule is COC(=O)c1ccccc1N(CCNC(=O)c1ccc(F)cc1)S(C)(=O)=O. The van der Waals surface area contributed by atoms with E-state index in [2.05, 4.69) is 10.1 Å². The molecule has 0 spiro atoms. The lowest BCUT2D eigenvalue weighted by atomic mass is 10.2. The zero-order valence-corrected chi connectivity index (χ0v) is 15.6. The fraction of sp³-hybridized carbons (Fsp3) is 0.222. The predicted octanol–water partition coefficient (Wildman–Crippen LogP) is 1.81. The number of para-hydroxylation sites is 1. The van der Waals surface area contributed by atoms with E-state index in [-0.39, 0.29) is 29.9 Å². The van der Waals surface area contributed by atoms with Gasteiger partial charge in [0, 0.05) is 12.1 Å². The van der Waals surface area contributed by atoms with Gasteiger partial charge in [-0.05, 0) is 36.4 Å². The van der Waals surface area contributed by atoms with Crippen molar-refractivity contribution in [3.63, 3.8) is 0 Å². The first-order chi connectivity index (χ1) is 12.7. The number of anilines is 1. The number of sulfonamides is 1. The van der Waals surface area contributed by atoms with Crippen LogP contribution in [0.4, 0.5) is 10.1 Å². The fourth-order valence-electron chi connectivity index (χ4n) is 2.41. The van der Waals surface area contributed by atoms with Crippen molar-refractivity contribution in [3.05, 3.63) is 65.5 Å². The highest BCUT2D eigenvalue weighted by molar-refractivity contribution is 7.92. The van der Waals surface area contributed by atoms with Crippen LogP contribution in [-0.2, 0) is 14.8 Å². The molecule has 1 N–H and O–H groups in total. The van der Waals surface area contributed by atoms with Crippen molar-refractivity contribution in [2.45, 2.75) is 0 Å². The summed E-state index contributed by atoms with van der Waals surface area (Å²) >= 11 is 0. The van der Waals surface area contributed by atoms with Crippen LogP contribution in [0.3, 0.4) is 0 Å². The van der Waals surface area contributed by atoms with Crippen molar-refractivity contribution < 1.29 is 27.1 Å². The summed E-state index contributed by atoms with van der Waals surface area (Å²) in [6.07, 6.45) is 1.00. The smallest absolute Gasteiger partial charge is 0.340 e. The Morgan fingerprint density at radius 3 is 2.33 bits per heavy atom. The second-order valence-corrected chi connectivity index (χ2v) is 7.51. The van der Waals surface area contributed by atoms with Crippen molar-refractivity contribution in [3.8, 4) is 0 Å². The maximum Gasteiger partial charge on any atom is 0.340 e. The van der Waals surface area contributed by atoms with Gasteiger partial charge >= 0.3 is 5.97 Å². The highest BCUT2D eigenvalue weighted by atomic mass is 32.2. The van der Waals surface area contributed by atoms with Crippen LogP contribution in [0.1, 0.15) is 20.7 Å². The lowest BCUT2D eigenvalue weighted by Crippen LogP contribution is -2.39. The Bertz CT molecular complexity index is 929. The molecule has 0 unspecified atom stereocenters. The number of rotatable bonds is 7. The number of carbonyl (C=O) groups is 2. The molecule has 1 amide bonds. The summed E-state index contributed by atoms with van der Waals surface area (Å²) in [6, 6.07) is 11.1. The molecule has 0 radical (unpaired) electrons. The summed E-state index contributed by atoms with van der Waals surface area (Å²) in [7, 11) is -2.52. The Morgan fingerprint density at radius 1 is 1.11 bits per heavy atom. The van der Waals surface area contributed by atoms with Crippen LogP contribution in [0.25, 0.3) is 0 Å². The van der Waals surface area contributed by atoms with E-state index < -0.39 is 27.7 Å². The summed E-state index contributed by atoms with van der Waals surface area (Å²) in [6.45, 7) is -0.113. The average molecular weight is 394 g/mol. The van der Waals surface area contributed by atoms with Gasteiger partial charge in [-0.2, -0.15) is 0 Å². The molecule has 2 rings (SSSR count). The number of halogens is 1. The molecule has 0 heterocycles. The standard InChI is InChI=1S/C18H19FN2O5S/c1-26-18(23)15-5-3-4-6-16(15)21(27(2,24)25)12-11-20-17(22)13-7-9-14(19)10-8-13/h3-10H,11-12H2,1-2H3,(H,20,22). The normalized spacial score (nSPS) is 10.9. The number of hydrogen-bond donors (Lipinski definition) is 1. The van der Waals surface area contributed by atoms with E-state index in [9.17, 15) is 22.4 Å². The first-order valence-electron chi connectivity index (χ1n) is 7.93. The molecule has 7 nitrogen and oxygen atoms in total. The molecule has 0 aliphatic carbocycles. The summed E-state index contributed by atoms with van der Waals surface area (Å²) in [5, 5.41) is 2.57. The third-order valence-corrected chi connectivity index (χ3v) is 4.87. The molecule has 0 saturated carbocycles. The molecule has 0 aliphatic heterocycles. The first kappa shape index (κ1) is 20.4. The van der Waals surface area contributed by atoms with Gasteiger partial charge in [0.05, 0.1) is 31.2 Å². The molecule has 2 aromatic carbocycles. The van der Waals surface area contributed by atoms with Gasteiger partial charge in [-0.3, -0.25) is 9.10 Å². The topological polar surface area (TPSA) is 92.8 Å². The average Bonchev–Trinajstić information content (AvgIpc) is 2.64. The molecule has 2 aromatic rings. The van der Waals surface area contributed by atoms with Crippen molar-refractivity contribution in [1.82, 2.24) is 5.32 Å². The van der Waals surface area contributed by atoms with Crippen LogP contribution in [0.2, 0.25) is 0 Å². The van der Waals surface area contributed by atoms with E-state index in [0.717, 1.165) is 22.7 Å². The third kappa shape index (κ3) is 5.27. The molecule has 0 aromatic heterocycles. The molecular weight excluding hydrogens is 375 g/mol. The fourth-order valence-corrected chi connectivity index (χ4v) is 3.35. The number of hydrogen-bond acceptors (Lipinski definition) is 5. The van der Waals surface area contributed by atoms with Gasteiger partial charge in [-0.25, -0.2) is 17.6 Å². The monoisotopic (exact) mass is 394 g/mol. The first-order valence-corrected chi connectivity index (χ1v) is 9.77. The van der Waals surface area contributed by atoms with E-state index in [1.807, 2.05) is 0 Å².